The largest absolute Gasteiger partial charge is 0.330 e. The summed E-state index contributed by atoms with van der Waals surface area (Å²) in [6.45, 7) is 5.18. The molecule has 1 aromatic rings. The van der Waals surface area contributed by atoms with Crippen molar-refractivity contribution in [1.29, 1.82) is 0 Å². The Morgan fingerprint density at radius 1 is 1.53 bits per heavy atom. The number of nitrogens with one attached hydrogen (secondary N) is 1. The Labute approximate surface area is 106 Å². The zero-order valence-corrected chi connectivity index (χ0v) is 11.2. The van der Waals surface area contributed by atoms with E-state index in [9.17, 15) is 4.79 Å². The highest BCUT2D eigenvalue weighted by molar-refractivity contribution is 7.13. The summed E-state index contributed by atoms with van der Waals surface area (Å²) < 4.78 is 0. The lowest BCUT2D eigenvalue weighted by Crippen LogP contribution is -2.46. The van der Waals surface area contributed by atoms with Gasteiger partial charge in [0.05, 0.1) is 4.88 Å². The molecule has 0 aromatic carbocycles. The third-order valence-corrected chi connectivity index (χ3v) is 4.78. The molecule has 0 radical (unpaired) electrons. The van der Waals surface area contributed by atoms with Crippen molar-refractivity contribution >= 4 is 17.6 Å². The van der Waals surface area contributed by atoms with Crippen LogP contribution in [0.1, 0.15) is 40.9 Å². The van der Waals surface area contributed by atoms with E-state index in [2.05, 4.69) is 25.2 Å². The minimum Gasteiger partial charge on any atom is -0.330 e. The van der Waals surface area contributed by atoms with E-state index >= 15 is 0 Å². The fourth-order valence-corrected chi connectivity index (χ4v) is 3.78. The van der Waals surface area contributed by atoms with Crippen LogP contribution in [0.2, 0.25) is 0 Å². The van der Waals surface area contributed by atoms with E-state index in [0.717, 1.165) is 11.2 Å². The minimum atomic E-state index is 0.303. The summed E-state index contributed by atoms with van der Waals surface area (Å²) in [5, 5.41) is 3.62. The molecule has 4 heteroatoms. The van der Waals surface area contributed by atoms with E-state index in [0.29, 0.717) is 30.5 Å². The van der Waals surface area contributed by atoms with Gasteiger partial charge in [0.25, 0.3) is 0 Å². The summed E-state index contributed by atoms with van der Waals surface area (Å²) in [5.41, 5.74) is 5.90. The Bertz CT molecular complexity index is 391. The quantitative estimate of drug-likeness (QED) is 0.811. The molecule has 0 saturated carbocycles. The summed E-state index contributed by atoms with van der Waals surface area (Å²) in [4.78, 5) is 12.8. The highest BCUT2D eigenvalue weighted by Crippen LogP contribution is 2.37. The van der Waals surface area contributed by atoms with E-state index in [1.807, 2.05) is 6.07 Å². The number of rotatable bonds is 3. The maximum absolute atomic E-state index is 10.7. The molecule has 1 aromatic heterocycles. The topological polar surface area (TPSA) is 55.1 Å². The Hall–Kier alpha value is -0.710. The number of thiophene rings is 1. The summed E-state index contributed by atoms with van der Waals surface area (Å²) in [6, 6.07) is 4.77. The average Bonchev–Trinajstić information content (AvgIpc) is 2.76. The smallest absolute Gasteiger partial charge is 0.160 e. The van der Waals surface area contributed by atoms with E-state index in [4.69, 9.17) is 5.73 Å². The van der Waals surface area contributed by atoms with E-state index in [1.165, 1.54) is 11.3 Å². The molecule has 94 valence electrons. The molecular weight excluding hydrogens is 232 g/mol. The van der Waals surface area contributed by atoms with Gasteiger partial charge in [-0.05, 0) is 43.9 Å². The van der Waals surface area contributed by atoms with Crippen LogP contribution >= 0.6 is 11.3 Å². The number of carbonyl (C=O) groups is 1. The van der Waals surface area contributed by atoms with Crippen molar-refractivity contribution in [2.75, 3.05) is 6.54 Å². The van der Waals surface area contributed by atoms with Gasteiger partial charge in [0.15, 0.2) is 6.29 Å². The van der Waals surface area contributed by atoms with E-state index < -0.39 is 0 Å². The first kappa shape index (κ1) is 12.7. The fraction of sp³-hybridized carbons (Fsp3) is 0.615. The first-order valence-corrected chi connectivity index (χ1v) is 6.98. The number of carbonyl (C=O) groups excluding carboxylic acids is 1. The van der Waals surface area contributed by atoms with Crippen LogP contribution in [0, 0.1) is 11.8 Å². The number of nitrogens with two attached hydrogens (primary N) is 1. The second-order valence-corrected chi connectivity index (χ2v) is 6.16. The van der Waals surface area contributed by atoms with Crippen molar-refractivity contribution in [3.8, 4) is 0 Å². The molecule has 2 rings (SSSR count). The molecule has 4 atom stereocenters. The molecular formula is C13H20N2OS. The molecule has 17 heavy (non-hydrogen) atoms. The Morgan fingerprint density at radius 2 is 2.29 bits per heavy atom. The van der Waals surface area contributed by atoms with Gasteiger partial charge in [0.1, 0.15) is 0 Å². The first-order valence-electron chi connectivity index (χ1n) is 6.16. The van der Waals surface area contributed by atoms with Crippen LogP contribution in [0.4, 0.5) is 0 Å². The van der Waals surface area contributed by atoms with Gasteiger partial charge in [0, 0.05) is 17.0 Å². The van der Waals surface area contributed by atoms with Crippen molar-refractivity contribution in [2.24, 2.45) is 17.6 Å². The molecule has 1 aliphatic heterocycles. The Balaban J connectivity index is 2.23. The highest BCUT2D eigenvalue weighted by atomic mass is 32.1. The Morgan fingerprint density at radius 3 is 2.88 bits per heavy atom. The molecule has 0 bridgehead atoms. The van der Waals surface area contributed by atoms with Gasteiger partial charge in [-0.1, -0.05) is 6.92 Å². The second-order valence-electron chi connectivity index (χ2n) is 5.02. The zero-order chi connectivity index (χ0) is 12.4. The highest BCUT2D eigenvalue weighted by Gasteiger charge is 2.34. The molecule has 0 spiro atoms. The zero-order valence-electron chi connectivity index (χ0n) is 10.3. The van der Waals surface area contributed by atoms with Gasteiger partial charge < -0.3 is 11.1 Å². The van der Waals surface area contributed by atoms with Crippen molar-refractivity contribution in [3.05, 3.63) is 21.9 Å². The lowest BCUT2D eigenvalue weighted by atomic mass is 9.79. The molecule has 1 saturated heterocycles. The summed E-state index contributed by atoms with van der Waals surface area (Å²) >= 11 is 1.58. The van der Waals surface area contributed by atoms with Gasteiger partial charge in [-0.3, -0.25) is 4.79 Å². The fourth-order valence-electron chi connectivity index (χ4n) is 2.82. The third kappa shape index (κ3) is 2.59. The molecule has 3 nitrogen and oxygen atoms in total. The van der Waals surface area contributed by atoms with Crippen LogP contribution in [-0.4, -0.2) is 18.9 Å². The van der Waals surface area contributed by atoms with Crippen LogP contribution in [0.15, 0.2) is 12.1 Å². The monoisotopic (exact) mass is 252 g/mol. The predicted octanol–water partition coefficient (Wildman–Crippen LogP) is 2.19. The molecule has 0 aliphatic carbocycles. The molecule has 0 amide bonds. The van der Waals surface area contributed by atoms with Crippen molar-refractivity contribution in [2.45, 2.75) is 32.4 Å². The minimum absolute atomic E-state index is 0.303. The van der Waals surface area contributed by atoms with E-state index in [-0.39, 0.29) is 0 Å². The molecule has 4 unspecified atom stereocenters. The van der Waals surface area contributed by atoms with Gasteiger partial charge in [-0.2, -0.15) is 0 Å². The standard InChI is InChI=1S/C13H20N2OS/c1-8-5-9(2)15-13(11(8)6-14)12-4-3-10(7-16)17-12/h3-4,7-9,11,13,15H,5-6,14H2,1-2H3. The van der Waals surface area contributed by atoms with Crippen LogP contribution in [-0.2, 0) is 0 Å². The molecule has 1 fully saturated rings. The van der Waals surface area contributed by atoms with Crippen molar-refractivity contribution in [3.63, 3.8) is 0 Å². The van der Waals surface area contributed by atoms with Gasteiger partial charge in [-0.25, -0.2) is 0 Å². The lowest BCUT2D eigenvalue weighted by Gasteiger charge is -2.39. The van der Waals surface area contributed by atoms with Gasteiger partial charge in [-0.15, -0.1) is 11.3 Å². The number of aldehydes is 1. The third-order valence-electron chi connectivity index (χ3n) is 3.69. The maximum Gasteiger partial charge on any atom is 0.160 e. The van der Waals surface area contributed by atoms with Gasteiger partial charge in [0.2, 0.25) is 0 Å². The summed E-state index contributed by atoms with van der Waals surface area (Å²) in [6.07, 6.45) is 2.09. The normalized spacial score (nSPS) is 33.6. The number of hydrogen-bond acceptors (Lipinski definition) is 4. The Kier molecular flexibility index (Phi) is 3.97. The predicted molar refractivity (Wildman–Crippen MR) is 71.4 cm³/mol. The van der Waals surface area contributed by atoms with Crippen LogP contribution in [0.25, 0.3) is 0 Å². The molecule has 3 N–H and O–H groups in total. The number of hydrogen-bond donors (Lipinski definition) is 2. The van der Waals surface area contributed by atoms with Crippen molar-refractivity contribution in [1.82, 2.24) is 5.32 Å². The number of piperidine rings is 1. The van der Waals surface area contributed by atoms with Crippen molar-refractivity contribution < 1.29 is 4.79 Å². The first-order chi connectivity index (χ1) is 8.15. The van der Waals surface area contributed by atoms with Crippen LogP contribution in [0.3, 0.4) is 0 Å². The maximum atomic E-state index is 10.7. The SMILES string of the molecule is CC1CC(C)C(CN)C(c2ccc(C=O)s2)N1. The summed E-state index contributed by atoms with van der Waals surface area (Å²) in [7, 11) is 0. The van der Waals surface area contributed by atoms with Crippen LogP contribution in [0.5, 0.6) is 0 Å². The van der Waals surface area contributed by atoms with E-state index in [1.54, 1.807) is 11.3 Å². The average molecular weight is 252 g/mol. The second kappa shape index (κ2) is 5.29. The lowest BCUT2D eigenvalue weighted by molar-refractivity contribution is 0.112. The molecule has 1 aliphatic rings. The van der Waals surface area contributed by atoms with Crippen LogP contribution < -0.4 is 11.1 Å². The summed E-state index contributed by atoms with van der Waals surface area (Å²) in [5.74, 6) is 1.09. The molecule has 2 heterocycles. The van der Waals surface area contributed by atoms with Gasteiger partial charge >= 0.3 is 0 Å².